The van der Waals surface area contributed by atoms with Crippen LogP contribution in [0.5, 0.6) is 11.5 Å². The zero-order valence-corrected chi connectivity index (χ0v) is 18.0. The zero-order valence-electron chi connectivity index (χ0n) is 18.0. The van der Waals surface area contributed by atoms with Crippen molar-refractivity contribution in [3.8, 4) is 22.6 Å². The van der Waals surface area contributed by atoms with Crippen molar-refractivity contribution in [2.45, 2.75) is 13.8 Å². The SMILES string of the molecule is Cc1cccc(N=Cc2ccccc2O)c1-c1c(C)cccc1N=Cc1ccccc1O. The zero-order chi connectivity index (χ0) is 22.5. The van der Waals surface area contributed by atoms with Gasteiger partial charge in [0.2, 0.25) is 0 Å². The number of aromatic hydroxyl groups is 2. The van der Waals surface area contributed by atoms with Crippen LogP contribution in [0, 0.1) is 13.8 Å². The second kappa shape index (κ2) is 9.31. The molecule has 4 aromatic rings. The van der Waals surface area contributed by atoms with Crippen molar-refractivity contribution in [1.82, 2.24) is 0 Å². The average molecular weight is 421 g/mol. The van der Waals surface area contributed by atoms with Crippen LogP contribution in [0.25, 0.3) is 11.1 Å². The Morgan fingerprint density at radius 1 is 0.531 bits per heavy atom. The van der Waals surface area contributed by atoms with Gasteiger partial charge in [0.15, 0.2) is 0 Å². The van der Waals surface area contributed by atoms with Gasteiger partial charge in [0, 0.05) is 34.7 Å². The summed E-state index contributed by atoms with van der Waals surface area (Å²) < 4.78 is 0. The van der Waals surface area contributed by atoms with Gasteiger partial charge in [-0.2, -0.15) is 0 Å². The Kier molecular flexibility index (Phi) is 6.13. The lowest BCUT2D eigenvalue weighted by Crippen LogP contribution is -1.91. The van der Waals surface area contributed by atoms with Crippen LogP contribution in [0.2, 0.25) is 0 Å². The monoisotopic (exact) mass is 420 g/mol. The molecule has 0 fully saturated rings. The molecule has 0 saturated carbocycles. The first-order valence-corrected chi connectivity index (χ1v) is 10.4. The molecule has 0 saturated heterocycles. The topological polar surface area (TPSA) is 65.2 Å². The Bertz CT molecular complexity index is 1220. The second-order valence-corrected chi connectivity index (χ2v) is 7.57. The molecule has 0 unspecified atom stereocenters. The lowest BCUT2D eigenvalue weighted by Gasteiger charge is -2.15. The lowest BCUT2D eigenvalue weighted by atomic mass is 9.93. The fourth-order valence-electron chi connectivity index (χ4n) is 3.64. The first kappa shape index (κ1) is 21.1. The smallest absolute Gasteiger partial charge is 0.124 e. The molecule has 2 N–H and O–H groups in total. The highest BCUT2D eigenvalue weighted by molar-refractivity contribution is 5.94. The fourth-order valence-corrected chi connectivity index (χ4v) is 3.64. The van der Waals surface area contributed by atoms with E-state index in [0.717, 1.165) is 33.6 Å². The quantitative estimate of drug-likeness (QED) is 0.346. The number of rotatable bonds is 5. The molecule has 158 valence electrons. The summed E-state index contributed by atoms with van der Waals surface area (Å²) in [7, 11) is 0. The molecular formula is C28H24N2O2. The van der Waals surface area contributed by atoms with Crippen LogP contribution >= 0.6 is 0 Å². The van der Waals surface area contributed by atoms with Gasteiger partial charge in [0.25, 0.3) is 0 Å². The molecule has 4 rings (SSSR count). The Morgan fingerprint density at radius 2 is 0.938 bits per heavy atom. The Hall–Kier alpha value is -4.18. The van der Waals surface area contributed by atoms with Gasteiger partial charge in [-0.05, 0) is 61.4 Å². The Balaban J connectivity index is 1.83. The summed E-state index contributed by atoms with van der Waals surface area (Å²) in [5, 5.41) is 20.2. The van der Waals surface area contributed by atoms with E-state index < -0.39 is 0 Å². The summed E-state index contributed by atoms with van der Waals surface area (Å²) in [6, 6.07) is 26.2. The third kappa shape index (κ3) is 4.44. The largest absolute Gasteiger partial charge is 0.507 e. The van der Waals surface area contributed by atoms with Gasteiger partial charge >= 0.3 is 0 Å². The molecule has 0 atom stereocenters. The van der Waals surface area contributed by atoms with E-state index in [1.165, 1.54) is 0 Å². The maximum absolute atomic E-state index is 10.1. The highest BCUT2D eigenvalue weighted by atomic mass is 16.3. The van der Waals surface area contributed by atoms with Crippen LogP contribution in [0.1, 0.15) is 22.3 Å². The lowest BCUT2D eigenvalue weighted by molar-refractivity contribution is 0.474. The highest BCUT2D eigenvalue weighted by Gasteiger charge is 2.14. The van der Waals surface area contributed by atoms with Crippen molar-refractivity contribution in [2.24, 2.45) is 9.98 Å². The number of aryl methyl sites for hydroxylation is 2. The summed E-state index contributed by atoms with van der Waals surface area (Å²) in [6.45, 7) is 4.11. The molecule has 4 heteroatoms. The highest BCUT2D eigenvalue weighted by Crippen LogP contribution is 2.41. The van der Waals surface area contributed by atoms with Crippen molar-refractivity contribution in [3.05, 3.63) is 107 Å². The molecule has 0 aliphatic heterocycles. The summed E-state index contributed by atoms with van der Waals surface area (Å²) >= 11 is 0. The van der Waals surface area contributed by atoms with Crippen LogP contribution in [-0.2, 0) is 0 Å². The van der Waals surface area contributed by atoms with E-state index in [1.807, 2.05) is 48.5 Å². The van der Waals surface area contributed by atoms with Gasteiger partial charge in [-0.15, -0.1) is 0 Å². The van der Waals surface area contributed by atoms with Gasteiger partial charge in [-0.3, -0.25) is 9.98 Å². The normalized spacial score (nSPS) is 11.4. The molecular weight excluding hydrogens is 396 g/mol. The minimum Gasteiger partial charge on any atom is -0.507 e. The predicted octanol–water partition coefficient (Wildman–Crippen LogP) is 6.88. The second-order valence-electron chi connectivity index (χ2n) is 7.57. The van der Waals surface area contributed by atoms with Gasteiger partial charge < -0.3 is 10.2 Å². The molecule has 4 aromatic carbocycles. The number of aliphatic imine (C=N–C) groups is 2. The molecule has 0 aromatic heterocycles. The fraction of sp³-hybridized carbons (Fsp3) is 0.0714. The van der Waals surface area contributed by atoms with E-state index in [2.05, 4.69) is 26.0 Å². The van der Waals surface area contributed by atoms with Crippen molar-refractivity contribution in [1.29, 1.82) is 0 Å². The average Bonchev–Trinajstić information content (AvgIpc) is 2.79. The number of para-hydroxylation sites is 2. The minimum absolute atomic E-state index is 0.189. The maximum atomic E-state index is 10.1. The van der Waals surface area contributed by atoms with Crippen molar-refractivity contribution < 1.29 is 10.2 Å². The standard InChI is InChI=1S/C28H24N2O2/c1-19-9-7-13-23(29-17-21-11-3-5-15-25(21)31)27(19)28-20(2)10-8-14-24(28)30-18-22-12-4-6-16-26(22)32/h3-18,31-32H,1-2H3. The molecule has 0 spiro atoms. The van der Waals surface area contributed by atoms with Crippen LogP contribution in [0.3, 0.4) is 0 Å². The van der Waals surface area contributed by atoms with Crippen molar-refractivity contribution in [2.75, 3.05) is 0 Å². The van der Waals surface area contributed by atoms with Gasteiger partial charge in [-0.25, -0.2) is 0 Å². The predicted molar refractivity (Wildman–Crippen MR) is 132 cm³/mol. The van der Waals surface area contributed by atoms with Crippen LogP contribution in [0.4, 0.5) is 11.4 Å². The van der Waals surface area contributed by atoms with E-state index in [-0.39, 0.29) is 11.5 Å². The summed E-state index contributed by atoms with van der Waals surface area (Å²) in [4.78, 5) is 9.42. The summed E-state index contributed by atoms with van der Waals surface area (Å²) in [5.74, 6) is 0.378. The van der Waals surface area contributed by atoms with Crippen LogP contribution in [-0.4, -0.2) is 22.6 Å². The van der Waals surface area contributed by atoms with E-state index >= 15 is 0 Å². The first-order valence-electron chi connectivity index (χ1n) is 10.4. The third-order valence-electron chi connectivity index (χ3n) is 5.31. The Morgan fingerprint density at radius 3 is 1.34 bits per heavy atom. The molecule has 0 bridgehead atoms. The number of nitrogens with zero attached hydrogens (tertiary/aromatic N) is 2. The summed E-state index contributed by atoms with van der Waals surface area (Å²) in [6.07, 6.45) is 3.35. The molecule has 0 aliphatic rings. The minimum atomic E-state index is 0.189. The molecule has 0 heterocycles. The molecule has 0 radical (unpaired) electrons. The van der Waals surface area contributed by atoms with Crippen LogP contribution in [0.15, 0.2) is 94.9 Å². The number of hydrogen-bond acceptors (Lipinski definition) is 4. The maximum Gasteiger partial charge on any atom is 0.124 e. The van der Waals surface area contributed by atoms with Gasteiger partial charge in [0.1, 0.15) is 11.5 Å². The number of phenolic OH excluding ortho intramolecular Hbond substituents is 2. The number of phenols is 2. The number of hydrogen-bond donors (Lipinski definition) is 2. The van der Waals surface area contributed by atoms with Crippen molar-refractivity contribution in [3.63, 3.8) is 0 Å². The molecule has 4 nitrogen and oxygen atoms in total. The summed E-state index contributed by atoms with van der Waals surface area (Å²) in [5.41, 5.74) is 7.02. The van der Waals surface area contributed by atoms with Gasteiger partial charge in [-0.1, -0.05) is 48.5 Å². The van der Waals surface area contributed by atoms with Gasteiger partial charge in [0.05, 0.1) is 11.4 Å². The van der Waals surface area contributed by atoms with Crippen LogP contribution < -0.4 is 0 Å². The van der Waals surface area contributed by atoms with E-state index in [9.17, 15) is 10.2 Å². The molecule has 0 amide bonds. The third-order valence-corrected chi connectivity index (χ3v) is 5.31. The van der Waals surface area contributed by atoms with E-state index in [0.29, 0.717) is 11.1 Å². The van der Waals surface area contributed by atoms with Crippen molar-refractivity contribution >= 4 is 23.8 Å². The molecule has 32 heavy (non-hydrogen) atoms. The first-order chi connectivity index (χ1) is 15.5. The van der Waals surface area contributed by atoms with E-state index in [4.69, 9.17) is 9.98 Å². The molecule has 0 aliphatic carbocycles. The van der Waals surface area contributed by atoms with E-state index in [1.54, 1.807) is 36.7 Å². The number of benzene rings is 4. The Labute approximate surface area is 187 Å².